The molecule has 0 spiro atoms. The van der Waals surface area contributed by atoms with E-state index in [0.29, 0.717) is 6.42 Å². The SMILES string of the molecule is CCCc1c(C(=O)O)nnn1-c1c(F)cccc1[N+](=O)[O-]. The number of nitrogens with zero attached hydrogens (tertiary/aromatic N) is 4. The third kappa shape index (κ3) is 2.57. The average Bonchev–Trinajstić information content (AvgIpc) is 2.82. The van der Waals surface area contributed by atoms with Crippen LogP contribution in [0.3, 0.4) is 0 Å². The molecule has 0 fully saturated rings. The number of aromatic carboxylic acids is 1. The van der Waals surface area contributed by atoms with E-state index >= 15 is 0 Å². The molecule has 1 heterocycles. The number of benzene rings is 1. The second-order valence-electron chi connectivity index (χ2n) is 4.22. The molecule has 0 bridgehead atoms. The van der Waals surface area contributed by atoms with Gasteiger partial charge in [0.1, 0.15) is 0 Å². The second kappa shape index (κ2) is 5.65. The van der Waals surface area contributed by atoms with Gasteiger partial charge in [-0.05, 0) is 12.5 Å². The molecule has 1 aromatic heterocycles. The van der Waals surface area contributed by atoms with Crippen molar-refractivity contribution in [1.29, 1.82) is 0 Å². The van der Waals surface area contributed by atoms with Gasteiger partial charge in [-0.25, -0.2) is 13.9 Å². The fraction of sp³-hybridized carbons (Fsp3) is 0.250. The van der Waals surface area contributed by atoms with Crippen LogP contribution < -0.4 is 0 Å². The number of carboxylic acids is 1. The Hall–Kier alpha value is -2.84. The van der Waals surface area contributed by atoms with Gasteiger partial charge in [0.15, 0.2) is 17.2 Å². The van der Waals surface area contributed by atoms with Crippen LogP contribution >= 0.6 is 0 Å². The van der Waals surface area contributed by atoms with Crippen molar-refractivity contribution in [2.24, 2.45) is 0 Å². The van der Waals surface area contributed by atoms with Crippen LogP contribution in [0, 0.1) is 15.9 Å². The van der Waals surface area contributed by atoms with Crippen molar-refractivity contribution < 1.29 is 19.2 Å². The van der Waals surface area contributed by atoms with Gasteiger partial charge < -0.3 is 5.11 Å². The highest BCUT2D eigenvalue weighted by molar-refractivity contribution is 5.86. The largest absolute Gasteiger partial charge is 0.476 e. The first-order chi connectivity index (χ1) is 9.97. The zero-order valence-corrected chi connectivity index (χ0v) is 11.0. The topological polar surface area (TPSA) is 111 Å². The zero-order chi connectivity index (χ0) is 15.6. The van der Waals surface area contributed by atoms with E-state index in [1.165, 1.54) is 6.07 Å². The van der Waals surface area contributed by atoms with Crippen molar-refractivity contribution in [1.82, 2.24) is 15.0 Å². The van der Waals surface area contributed by atoms with Crippen LogP contribution in [0.1, 0.15) is 29.5 Å². The van der Waals surface area contributed by atoms with E-state index in [2.05, 4.69) is 10.3 Å². The van der Waals surface area contributed by atoms with E-state index in [4.69, 9.17) is 5.11 Å². The molecular formula is C12H11FN4O4. The summed E-state index contributed by atoms with van der Waals surface area (Å²) in [5.41, 5.74) is -1.13. The predicted molar refractivity (Wildman–Crippen MR) is 68.9 cm³/mol. The number of rotatable bonds is 5. The maximum Gasteiger partial charge on any atom is 0.358 e. The molecule has 0 saturated heterocycles. The Balaban J connectivity index is 2.73. The number of hydrogen-bond acceptors (Lipinski definition) is 5. The summed E-state index contributed by atoms with van der Waals surface area (Å²) >= 11 is 0. The maximum absolute atomic E-state index is 14.0. The maximum atomic E-state index is 14.0. The van der Waals surface area contributed by atoms with Crippen molar-refractivity contribution in [3.05, 3.63) is 45.5 Å². The Morgan fingerprint density at radius 1 is 1.52 bits per heavy atom. The van der Waals surface area contributed by atoms with Crippen LogP contribution in [0.25, 0.3) is 5.69 Å². The molecule has 0 atom stereocenters. The third-order valence-electron chi connectivity index (χ3n) is 2.83. The van der Waals surface area contributed by atoms with Crippen LogP contribution in [-0.4, -0.2) is 31.0 Å². The highest BCUT2D eigenvalue weighted by Crippen LogP contribution is 2.27. The average molecular weight is 294 g/mol. The fourth-order valence-corrected chi connectivity index (χ4v) is 1.97. The van der Waals surface area contributed by atoms with E-state index in [-0.39, 0.29) is 17.8 Å². The molecule has 0 aliphatic heterocycles. The summed E-state index contributed by atoms with van der Waals surface area (Å²) in [6.45, 7) is 1.79. The van der Waals surface area contributed by atoms with Crippen molar-refractivity contribution in [3.63, 3.8) is 0 Å². The lowest BCUT2D eigenvalue weighted by molar-refractivity contribution is -0.384. The van der Waals surface area contributed by atoms with Gasteiger partial charge in [0.2, 0.25) is 0 Å². The predicted octanol–water partition coefficient (Wildman–Crippen LogP) is 1.97. The molecule has 1 aromatic carbocycles. The summed E-state index contributed by atoms with van der Waals surface area (Å²) in [4.78, 5) is 21.4. The van der Waals surface area contributed by atoms with E-state index in [9.17, 15) is 19.3 Å². The summed E-state index contributed by atoms with van der Waals surface area (Å²) < 4.78 is 14.9. The lowest BCUT2D eigenvalue weighted by Crippen LogP contribution is -2.10. The standard InChI is InChI=1S/C12H11FN4O4/c1-2-4-8-10(12(18)19)14-15-16(8)11-7(13)5-3-6-9(11)17(20)21/h3,5-6H,2,4H2,1H3,(H,18,19). The molecule has 2 aromatic rings. The first kappa shape index (κ1) is 14.6. The summed E-state index contributed by atoms with van der Waals surface area (Å²) in [6.07, 6.45) is 0.802. The van der Waals surface area contributed by atoms with Crippen molar-refractivity contribution >= 4 is 11.7 Å². The smallest absolute Gasteiger partial charge is 0.358 e. The molecule has 1 N–H and O–H groups in total. The molecule has 8 nitrogen and oxygen atoms in total. The highest BCUT2D eigenvalue weighted by atomic mass is 19.1. The van der Waals surface area contributed by atoms with Crippen molar-refractivity contribution in [3.8, 4) is 5.69 Å². The van der Waals surface area contributed by atoms with Gasteiger partial charge in [-0.3, -0.25) is 10.1 Å². The molecule has 0 amide bonds. The Morgan fingerprint density at radius 3 is 2.81 bits per heavy atom. The summed E-state index contributed by atoms with van der Waals surface area (Å²) in [7, 11) is 0. The van der Waals surface area contributed by atoms with E-state index in [0.717, 1.165) is 16.8 Å². The quantitative estimate of drug-likeness (QED) is 0.666. The molecule has 0 aliphatic carbocycles. The van der Waals surface area contributed by atoms with Crippen LogP contribution in [0.5, 0.6) is 0 Å². The van der Waals surface area contributed by atoms with Crippen LogP contribution in [0.15, 0.2) is 18.2 Å². The monoisotopic (exact) mass is 294 g/mol. The van der Waals surface area contributed by atoms with Gasteiger partial charge in [-0.15, -0.1) is 5.10 Å². The lowest BCUT2D eigenvalue weighted by atomic mass is 10.2. The molecule has 0 saturated carbocycles. The number of carboxylic acid groups (broad SMARTS) is 1. The number of para-hydroxylation sites is 1. The van der Waals surface area contributed by atoms with Crippen LogP contribution in [0.4, 0.5) is 10.1 Å². The zero-order valence-electron chi connectivity index (χ0n) is 11.0. The molecule has 0 radical (unpaired) electrons. The summed E-state index contributed by atoms with van der Waals surface area (Å²) in [6, 6.07) is 3.36. The van der Waals surface area contributed by atoms with Gasteiger partial charge in [-0.2, -0.15) is 0 Å². The number of nitro groups is 1. The Morgan fingerprint density at radius 2 is 2.24 bits per heavy atom. The number of aromatic nitrogens is 3. The molecule has 110 valence electrons. The molecule has 2 rings (SSSR count). The van der Waals surface area contributed by atoms with Crippen LogP contribution in [-0.2, 0) is 6.42 Å². The van der Waals surface area contributed by atoms with Gasteiger partial charge in [0.25, 0.3) is 5.69 Å². The number of carbonyl (C=O) groups is 1. The minimum absolute atomic E-state index is 0.123. The molecule has 0 aliphatic rings. The van der Waals surface area contributed by atoms with Gasteiger partial charge >= 0.3 is 5.97 Å². The normalized spacial score (nSPS) is 10.6. The van der Waals surface area contributed by atoms with Gasteiger partial charge in [-0.1, -0.05) is 24.6 Å². The fourth-order valence-electron chi connectivity index (χ4n) is 1.97. The van der Waals surface area contributed by atoms with E-state index in [1.807, 2.05) is 0 Å². The van der Waals surface area contributed by atoms with Crippen LogP contribution in [0.2, 0.25) is 0 Å². The first-order valence-electron chi connectivity index (χ1n) is 6.08. The second-order valence-corrected chi connectivity index (χ2v) is 4.22. The molecule has 21 heavy (non-hydrogen) atoms. The molecule has 0 unspecified atom stereocenters. The van der Waals surface area contributed by atoms with Crippen molar-refractivity contribution in [2.45, 2.75) is 19.8 Å². The Labute approximate surface area is 118 Å². The lowest BCUT2D eigenvalue weighted by Gasteiger charge is -2.07. The first-order valence-corrected chi connectivity index (χ1v) is 6.08. The third-order valence-corrected chi connectivity index (χ3v) is 2.83. The Bertz CT molecular complexity index is 713. The number of halogens is 1. The number of hydrogen-bond donors (Lipinski definition) is 1. The molecule has 9 heteroatoms. The highest BCUT2D eigenvalue weighted by Gasteiger charge is 2.26. The number of nitro benzene ring substituents is 1. The van der Waals surface area contributed by atoms with E-state index < -0.39 is 28.1 Å². The Kier molecular flexibility index (Phi) is 3.92. The van der Waals surface area contributed by atoms with E-state index in [1.54, 1.807) is 6.92 Å². The summed E-state index contributed by atoms with van der Waals surface area (Å²) in [5, 5.41) is 27.1. The summed E-state index contributed by atoms with van der Waals surface area (Å²) in [5.74, 6) is -2.19. The van der Waals surface area contributed by atoms with Crippen molar-refractivity contribution in [2.75, 3.05) is 0 Å². The minimum Gasteiger partial charge on any atom is -0.476 e. The van der Waals surface area contributed by atoms with Gasteiger partial charge in [0, 0.05) is 6.07 Å². The van der Waals surface area contributed by atoms with Gasteiger partial charge in [0.05, 0.1) is 10.6 Å². The molecular weight excluding hydrogens is 283 g/mol. The minimum atomic E-state index is -1.32.